The van der Waals surface area contributed by atoms with Crippen LogP contribution in [-0.2, 0) is 22.4 Å². The summed E-state index contributed by atoms with van der Waals surface area (Å²) in [5, 5.41) is 2.73. The van der Waals surface area contributed by atoms with Gasteiger partial charge in [0.15, 0.2) is 0 Å². The average Bonchev–Trinajstić information content (AvgIpc) is 2.66. The summed E-state index contributed by atoms with van der Waals surface area (Å²) in [4.78, 5) is 33.7. The lowest BCUT2D eigenvalue weighted by atomic mass is 9.95. The van der Waals surface area contributed by atoms with Crippen LogP contribution in [0.5, 0.6) is 0 Å². The molecule has 1 aromatic heterocycles. The standard InChI is InChI=1S/C11H11N2O3S/c12-10(16)9-6-3-1-2-4-7(6)17-11(9)13-8(15)5-14/h1-4H2,(H2,12,16)(H,13,15). The molecule has 1 aliphatic rings. The number of nitrogens with one attached hydrogen (secondary N) is 1. The summed E-state index contributed by atoms with van der Waals surface area (Å²) in [6, 6.07) is 0. The topological polar surface area (TPSA) is 89.3 Å². The summed E-state index contributed by atoms with van der Waals surface area (Å²) < 4.78 is 0. The number of nitrogens with two attached hydrogens (primary N) is 1. The zero-order chi connectivity index (χ0) is 12.4. The van der Waals surface area contributed by atoms with Crippen molar-refractivity contribution in [3.63, 3.8) is 0 Å². The highest BCUT2D eigenvalue weighted by Crippen LogP contribution is 2.37. The first-order chi connectivity index (χ1) is 8.13. The van der Waals surface area contributed by atoms with E-state index in [0.717, 1.165) is 36.1 Å². The molecule has 0 aromatic carbocycles. The molecule has 1 radical (unpaired) electrons. The van der Waals surface area contributed by atoms with Gasteiger partial charge in [0, 0.05) is 4.88 Å². The van der Waals surface area contributed by atoms with Crippen LogP contribution in [0.2, 0.25) is 0 Å². The minimum absolute atomic E-state index is 0.355. The number of amides is 2. The van der Waals surface area contributed by atoms with Crippen molar-refractivity contribution >= 4 is 34.4 Å². The monoisotopic (exact) mass is 251 g/mol. The van der Waals surface area contributed by atoms with Crippen LogP contribution in [0.25, 0.3) is 0 Å². The van der Waals surface area contributed by atoms with E-state index >= 15 is 0 Å². The van der Waals surface area contributed by atoms with Crippen LogP contribution in [-0.4, -0.2) is 18.1 Å². The molecule has 89 valence electrons. The average molecular weight is 251 g/mol. The predicted molar refractivity (Wildman–Crippen MR) is 63.8 cm³/mol. The maximum atomic E-state index is 11.4. The van der Waals surface area contributed by atoms with Gasteiger partial charge in [0.25, 0.3) is 12.2 Å². The summed E-state index contributed by atoms with van der Waals surface area (Å²) in [7, 11) is 0. The minimum atomic E-state index is -0.883. The van der Waals surface area contributed by atoms with Crippen molar-refractivity contribution < 1.29 is 14.4 Å². The van der Waals surface area contributed by atoms with E-state index in [1.54, 1.807) is 0 Å². The van der Waals surface area contributed by atoms with Crippen LogP contribution in [0.3, 0.4) is 0 Å². The number of aryl methyl sites for hydroxylation is 1. The van der Waals surface area contributed by atoms with E-state index in [1.165, 1.54) is 17.6 Å². The maximum absolute atomic E-state index is 11.4. The highest BCUT2D eigenvalue weighted by molar-refractivity contribution is 7.17. The molecular weight excluding hydrogens is 240 g/mol. The van der Waals surface area contributed by atoms with Crippen molar-refractivity contribution in [2.45, 2.75) is 25.7 Å². The number of hydrogen-bond acceptors (Lipinski definition) is 4. The number of carbonyl (C=O) groups excluding carboxylic acids is 3. The molecule has 17 heavy (non-hydrogen) atoms. The van der Waals surface area contributed by atoms with Crippen LogP contribution >= 0.6 is 11.3 Å². The number of hydrogen-bond donors (Lipinski definition) is 2. The highest BCUT2D eigenvalue weighted by Gasteiger charge is 2.24. The predicted octanol–water partition coefficient (Wildman–Crippen LogP) is 0.774. The van der Waals surface area contributed by atoms with Crippen LogP contribution in [0.4, 0.5) is 5.00 Å². The normalized spacial score (nSPS) is 13.9. The second-order valence-electron chi connectivity index (χ2n) is 3.84. The molecule has 2 amide bonds. The van der Waals surface area contributed by atoms with Gasteiger partial charge in [-0.15, -0.1) is 11.3 Å². The van der Waals surface area contributed by atoms with Gasteiger partial charge in [0.05, 0.1) is 5.56 Å². The first-order valence-corrected chi connectivity index (χ1v) is 6.08. The van der Waals surface area contributed by atoms with Crippen LogP contribution < -0.4 is 11.1 Å². The zero-order valence-corrected chi connectivity index (χ0v) is 9.86. The van der Waals surface area contributed by atoms with Crippen molar-refractivity contribution in [3.8, 4) is 0 Å². The van der Waals surface area contributed by atoms with Gasteiger partial charge in [0.2, 0.25) is 0 Å². The molecule has 0 spiro atoms. The molecule has 2 rings (SSSR count). The fourth-order valence-electron chi connectivity index (χ4n) is 2.04. The van der Waals surface area contributed by atoms with Crippen LogP contribution in [0.15, 0.2) is 0 Å². The summed E-state index contributed by atoms with van der Waals surface area (Å²) in [5.41, 5.74) is 6.60. The molecule has 0 atom stereocenters. The summed E-state index contributed by atoms with van der Waals surface area (Å²) in [6.45, 7) is 0. The van der Waals surface area contributed by atoms with E-state index in [1.807, 2.05) is 0 Å². The first kappa shape index (κ1) is 11.8. The van der Waals surface area contributed by atoms with Gasteiger partial charge >= 0.3 is 5.91 Å². The molecule has 1 aromatic rings. The Balaban J connectivity index is 2.43. The van der Waals surface area contributed by atoms with Crippen molar-refractivity contribution in [2.75, 3.05) is 5.32 Å². The van der Waals surface area contributed by atoms with E-state index in [-0.39, 0.29) is 0 Å². The molecule has 3 N–H and O–H groups in total. The summed E-state index contributed by atoms with van der Waals surface area (Å²) >= 11 is 1.32. The Labute approximate surface area is 102 Å². The highest BCUT2D eigenvalue weighted by atomic mass is 32.1. The smallest absolute Gasteiger partial charge is 0.301 e. The summed E-state index contributed by atoms with van der Waals surface area (Å²) in [5.74, 6) is -1.45. The molecule has 5 nitrogen and oxygen atoms in total. The Morgan fingerprint density at radius 2 is 2.00 bits per heavy atom. The van der Waals surface area contributed by atoms with Gasteiger partial charge in [-0.1, -0.05) is 0 Å². The molecule has 1 aliphatic carbocycles. The Morgan fingerprint density at radius 3 is 2.65 bits per heavy atom. The molecule has 1 heterocycles. The summed E-state index contributed by atoms with van der Waals surface area (Å²) in [6.07, 6.45) is 4.98. The number of primary amides is 1. The van der Waals surface area contributed by atoms with Crippen LogP contribution in [0.1, 0.15) is 33.6 Å². The number of anilines is 1. The SMILES string of the molecule is NC(=O)c1c(NC(=O)[C]=O)sc2c1CCCC2. The van der Waals surface area contributed by atoms with Gasteiger partial charge in [-0.05, 0) is 31.2 Å². The van der Waals surface area contributed by atoms with Gasteiger partial charge in [-0.2, -0.15) is 0 Å². The molecule has 0 aliphatic heterocycles. The van der Waals surface area contributed by atoms with E-state index in [0.29, 0.717) is 10.6 Å². The number of carbonyl (C=O) groups is 2. The Morgan fingerprint density at radius 1 is 1.29 bits per heavy atom. The lowest BCUT2D eigenvalue weighted by Crippen LogP contribution is -2.18. The minimum Gasteiger partial charge on any atom is -0.365 e. The third kappa shape index (κ3) is 2.21. The van der Waals surface area contributed by atoms with E-state index in [4.69, 9.17) is 5.73 Å². The fourth-order valence-corrected chi connectivity index (χ4v) is 3.33. The zero-order valence-electron chi connectivity index (χ0n) is 9.04. The molecule has 0 fully saturated rings. The Bertz CT molecular complexity index is 493. The van der Waals surface area contributed by atoms with E-state index < -0.39 is 11.8 Å². The van der Waals surface area contributed by atoms with E-state index in [2.05, 4.69) is 5.32 Å². The third-order valence-electron chi connectivity index (χ3n) is 2.74. The quantitative estimate of drug-likeness (QED) is 0.778. The molecular formula is C11H11N2O3S. The first-order valence-electron chi connectivity index (χ1n) is 5.27. The van der Waals surface area contributed by atoms with Gasteiger partial charge < -0.3 is 11.1 Å². The lowest BCUT2D eigenvalue weighted by molar-refractivity contribution is -0.110. The molecule has 0 saturated carbocycles. The lowest BCUT2D eigenvalue weighted by Gasteiger charge is -2.11. The van der Waals surface area contributed by atoms with Gasteiger partial charge in [-0.3, -0.25) is 14.4 Å². The number of fused-ring (bicyclic) bond motifs is 1. The van der Waals surface area contributed by atoms with Crippen molar-refractivity contribution in [1.82, 2.24) is 0 Å². The van der Waals surface area contributed by atoms with Gasteiger partial charge in [-0.25, -0.2) is 0 Å². The fraction of sp³-hybridized carbons (Fsp3) is 0.364. The van der Waals surface area contributed by atoms with E-state index in [9.17, 15) is 14.4 Å². The second kappa shape index (κ2) is 4.67. The molecule has 0 unspecified atom stereocenters. The Hall–Kier alpha value is -1.69. The van der Waals surface area contributed by atoms with Crippen molar-refractivity contribution in [3.05, 3.63) is 16.0 Å². The third-order valence-corrected chi connectivity index (χ3v) is 3.94. The Kier molecular flexibility index (Phi) is 3.23. The number of thiophene rings is 1. The number of rotatable bonds is 3. The van der Waals surface area contributed by atoms with Gasteiger partial charge in [0.1, 0.15) is 5.00 Å². The molecule has 0 bridgehead atoms. The van der Waals surface area contributed by atoms with Crippen molar-refractivity contribution in [1.29, 1.82) is 0 Å². The second-order valence-corrected chi connectivity index (χ2v) is 4.94. The molecule has 0 saturated heterocycles. The van der Waals surface area contributed by atoms with Crippen LogP contribution in [0, 0.1) is 0 Å². The largest absolute Gasteiger partial charge is 0.365 e. The molecule has 6 heteroatoms. The maximum Gasteiger partial charge on any atom is 0.301 e. The van der Waals surface area contributed by atoms with Crippen molar-refractivity contribution in [2.24, 2.45) is 5.73 Å².